The van der Waals surface area contributed by atoms with Crippen LogP contribution >= 0.6 is 0 Å². The van der Waals surface area contributed by atoms with Crippen molar-refractivity contribution >= 4 is 17.9 Å². The van der Waals surface area contributed by atoms with Crippen molar-refractivity contribution in [2.24, 2.45) is 0 Å². The molecule has 0 aromatic heterocycles. The minimum Gasteiger partial charge on any atom is -0.462 e. The van der Waals surface area contributed by atoms with Gasteiger partial charge in [-0.3, -0.25) is 14.4 Å². The summed E-state index contributed by atoms with van der Waals surface area (Å²) in [5.41, 5.74) is 0. The van der Waals surface area contributed by atoms with Gasteiger partial charge in [-0.15, -0.1) is 0 Å². The van der Waals surface area contributed by atoms with Crippen molar-refractivity contribution in [3.05, 3.63) is 85.1 Å². The van der Waals surface area contributed by atoms with E-state index in [0.717, 1.165) is 109 Å². The predicted octanol–water partition coefficient (Wildman–Crippen LogP) is 21.5. The zero-order valence-corrected chi connectivity index (χ0v) is 48.8. The van der Waals surface area contributed by atoms with Crippen LogP contribution in [0.15, 0.2) is 85.1 Å². The van der Waals surface area contributed by atoms with Crippen LogP contribution in [0.3, 0.4) is 0 Å². The van der Waals surface area contributed by atoms with E-state index in [2.05, 4.69) is 106 Å². The number of ether oxygens (including phenoxy) is 3. The smallest absolute Gasteiger partial charge is 0.306 e. The monoisotopic (exact) mass is 1030 g/mol. The number of carbonyl (C=O) groups excluding carboxylic acids is 3. The summed E-state index contributed by atoms with van der Waals surface area (Å²) in [5, 5.41) is 0. The Hall–Kier alpha value is -3.41. The molecule has 426 valence electrons. The highest BCUT2D eigenvalue weighted by molar-refractivity contribution is 5.71. The molecule has 0 saturated heterocycles. The summed E-state index contributed by atoms with van der Waals surface area (Å²) < 4.78 is 16.9. The molecule has 1 atom stereocenters. The van der Waals surface area contributed by atoms with Gasteiger partial charge in [0.1, 0.15) is 13.2 Å². The summed E-state index contributed by atoms with van der Waals surface area (Å²) in [5.74, 6) is -0.880. The number of hydrogen-bond donors (Lipinski definition) is 0. The molecule has 0 aliphatic rings. The van der Waals surface area contributed by atoms with Crippen molar-refractivity contribution in [3.8, 4) is 0 Å². The van der Waals surface area contributed by atoms with E-state index in [1.165, 1.54) is 161 Å². The molecule has 0 bridgehead atoms. The van der Waals surface area contributed by atoms with Crippen LogP contribution < -0.4 is 0 Å². The van der Waals surface area contributed by atoms with E-state index in [4.69, 9.17) is 14.2 Å². The van der Waals surface area contributed by atoms with Crippen LogP contribution in [0.4, 0.5) is 0 Å². The Morgan fingerprint density at radius 3 is 0.838 bits per heavy atom. The van der Waals surface area contributed by atoms with Crippen molar-refractivity contribution in [3.63, 3.8) is 0 Å². The Morgan fingerprint density at radius 2 is 0.527 bits per heavy atom. The maximum atomic E-state index is 12.9. The van der Waals surface area contributed by atoms with E-state index >= 15 is 0 Å². The number of esters is 3. The van der Waals surface area contributed by atoms with Crippen molar-refractivity contribution in [2.45, 2.75) is 316 Å². The largest absolute Gasteiger partial charge is 0.462 e. The molecule has 0 heterocycles. The highest BCUT2D eigenvalue weighted by atomic mass is 16.6. The maximum absolute atomic E-state index is 12.9. The number of allylic oxidation sites excluding steroid dienone is 14. The van der Waals surface area contributed by atoms with Crippen molar-refractivity contribution < 1.29 is 28.6 Å². The fourth-order valence-corrected chi connectivity index (χ4v) is 8.91. The molecule has 0 aliphatic carbocycles. The van der Waals surface area contributed by atoms with Gasteiger partial charge in [0.05, 0.1) is 0 Å². The molecular weight excluding hydrogens is 913 g/mol. The van der Waals surface area contributed by atoms with Gasteiger partial charge in [-0.1, -0.05) is 279 Å². The number of hydrogen-bond acceptors (Lipinski definition) is 6. The first-order valence-electron chi connectivity index (χ1n) is 31.6. The lowest BCUT2D eigenvalue weighted by atomic mass is 10.1. The molecule has 0 amide bonds. The Balaban J connectivity index is 4.24. The van der Waals surface area contributed by atoms with Gasteiger partial charge in [0.2, 0.25) is 0 Å². The first-order chi connectivity index (χ1) is 36.5. The third kappa shape index (κ3) is 59.5. The van der Waals surface area contributed by atoms with Gasteiger partial charge in [-0.2, -0.15) is 0 Å². The standard InChI is InChI=1S/C68H118O6/c1-4-7-10-13-16-19-22-24-26-28-29-30-31-32-33-34-35-36-37-38-39-40-42-43-46-49-52-55-58-61-67(70)73-64-65(63-72-66(69)60-57-54-51-48-45-21-18-15-12-9-6-3)74-68(71)62-59-56-53-50-47-44-41-27-25-23-20-17-14-11-8-5-2/h7,10,16,19,24,26-27,29-30,32-33,35-36,41,65H,4-6,8-9,11-15,17-18,20-23,25,28,31,34,37-40,42-64H2,1-3H3/b10-7-,19-16-,26-24-,30-29-,33-32-,36-35-,41-27-. The zero-order valence-electron chi connectivity index (χ0n) is 48.8. The fourth-order valence-electron chi connectivity index (χ4n) is 8.91. The molecule has 0 aliphatic heterocycles. The summed E-state index contributed by atoms with van der Waals surface area (Å²) in [6.45, 7) is 6.53. The molecule has 0 spiro atoms. The van der Waals surface area contributed by atoms with E-state index in [1.807, 2.05) is 0 Å². The fraction of sp³-hybridized carbons (Fsp3) is 0.750. The van der Waals surface area contributed by atoms with E-state index in [0.29, 0.717) is 19.3 Å². The van der Waals surface area contributed by atoms with Crippen LogP contribution in [0, 0.1) is 0 Å². The van der Waals surface area contributed by atoms with Gasteiger partial charge >= 0.3 is 17.9 Å². The second kappa shape index (κ2) is 62.1. The van der Waals surface area contributed by atoms with Crippen LogP contribution in [-0.4, -0.2) is 37.2 Å². The van der Waals surface area contributed by atoms with Crippen molar-refractivity contribution in [2.75, 3.05) is 13.2 Å². The SMILES string of the molecule is CC/C=C\C/C=C\C/C=C\C/C=C\C/C=C\C/C=C\CCCCCCCCCCCCC(=O)OCC(COC(=O)CCCCCCCCCCCCC)OC(=O)CCCCCCC/C=C\CCCCCCCCC. The van der Waals surface area contributed by atoms with Gasteiger partial charge in [-0.05, 0) is 96.3 Å². The second-order valence-corrected chi connectivity index (χ2v) is 20.9. The summed E-state index contributed by atoms with van der Waals surface area (Å²) in [7, 11) is 0. The van der Waals surface area contributed by atoms with Gasteiger partial charge < -0.3 is 14.2 Å². The van der Waals surface area contributed by atoms with Gasteiger partial charge in [0.25, 0.3) is 0 Å². The minimum atomic E-state index is -0.780. The van der Waals surface area contributed by atoms with Gasteiger partial charge in [0.15, 0.2) is 6.10 Å². The summed E-state index contributed by atoms with van der Waals surface area (Å²) in [4.78, 5) is 38.2. The first kappa shape index (κ1) is 70.6. The average Bonchev–Trinajstić information content (AvgIpc) is 3.40. The summed E-state index contributed by atoms with van der Waals surface area (Å²) in [6, 6.07) is 0. The highest BCUT2D eigenvalue weighted by Crippen LogP contribution is 2.16. The third-order valence-electron chi connectivity index (χ3n) is 13.6. The second-order valence-electron chi connectivity index (χ2n) is 20.9. The van der Waals surface area contributed by atoms with Crippen molar-refractivity contribution in [1.82, 2.24) is 0 Å². The molecule has 0 aromatic carbocycles. The Labute approximate surface area is 458 Å². The zero-order chi connectivity index (χ0) is 53.6. The molecule has 0 N–H and O–H groups in total. The van der Waals surface area contributed by atoms with Crippen LogP contribution in [0.2, 0.25) is 0 Å². The molecule has 0 fully saturated rings. The molecule has 0 radical (unpaired) electrons. The molecule has 74 heavy (non-hydrogen) atoms. The van der Waals surface area contributed by atoms with E-state index in [-0.39, 0.29) is 31.1 Å². The lowest BCUT2D eigenvalue weighted by Gasteiger charge is -2.18. The molecule has 6 heteroatoms. The Morgan fingerprint density at radius 1 is 0.284 bits per heavy atom. The van der Waals surface area contributed by atoms with E-state index in [9.17, 15) is 14.4 Å². The van der Waals surface area contributed by atoms with Gasteiger partial charge in [-0.25, -0.2) is 0 Å². The van der Waals surface area contributed by atoms with Crippen molar-refractivity contribution in [1.29, 1.82) is 0 Å². The Bertz CT molecular complexity index is 1420. The molecular formula is C68H118O6. The topological polar surface area (TPSA) is 78.9 Å². The lowest BCUT2D eigenvalue weighted by Crippen LogP contribution is -2.30. The minimum absolute atomic E-state index is 0.0775. The average molecular weight is 1030 g/mol. The number of carbonyl (C=O) groups is 3. The van der Waals surface area contributed by atoms with Gasteiger partial charge in [0, 0.05) is 19.3 Å². The third-order valence-corrected chi connectivity index (χ3v) is 13.6. The van der Waals surface area contributed by atoms with E-state index < -0.39 is 6.10 Å². The summed E-state index contributed by atoms with van der Waals surface area (Å²) in [6.07, 6.45) is 81.6. The van der Waals surface area contributed by atoms with Crippen LogP contribution in [0.1, 0.15) is 310 Å². The van der Waals surface area contributed by atoms with Crippen LogP contribution in [0.5, 0.6) is 0 Å². The highest BCUT2D eigenvalue weighted by Gasteiger charge is 2.19. The van der Waals surface area contributed by atoms with Crippen LogP contribution in [0.25, 0.3) is 0 Å². The quantitative estimate of drug-likeness (QED) is 0.0261. The van der Waals surface area contributed by atoms with Crippen LogP contribution in [-0.2, 0) is 28.6 Å². The van der Waals surface area contributed by atoms with E-state index in [1.54, 1.807) is 0 Å². The summed E-state index contributed by atoms with van der Waals surface area (Å²) >= 11 is 0. The first-order valence-corrected chi connectivity index (χ1v) is 31.6. The molecule has 1 unspecified atom stereocenters. The molecule has 0 rings (SSSR count). The molecule has 0 saturated carbocycles. The maximum Gasteiger partial charge on any atom is 0.306 e. The molecule has 0 aromatic rings. The number of rotatable bonds is 57. The predicted molar refractivity (Wildman–Crippen MR) is 321 cm³/mol. The number of unbranched alkanes of at least 4 members (excludes halogenated alkanes) is 32. The normalized spacial score (nSPS) is 12.6. The Kier molecular flexibility index (Phi) is 59.3. The molecule has 6 nitrogen and oxygen atoms in total. The lowest BCUT2D eigenvalue weighted by molar-refractivity contribution is -0.167.